The summed E-state index contributed by atoms with van der Waals surface area (Å²) in [7, 11) is 0. The molecule has 19 heavy (non-hydrogen) atoms. The van der Waals surface area contributed by atoms with E-state index in [1.807, 2.05) is 0 Å². The number of fused-ring (bicyclic) bond motifs is 1. The summed E-state index contributed by atoms with van der Waals surface area (Å²) in [5, 5.41) is 18.8. The van der Waals surface area contributed by atoms with Gasteiger partial charge in [-0.1, -0.05) is 0 Å². The van der Waals surface area contributed by atoms with Crippen molar-refractivity contribution in [3.63, 3.8) is 0 Å². The van der Waals surface area contributed by atoms with E-state index in [9.17, 15) is 14.3 Å². The van der Waals surface area contributed by atoms with Gasteiger partial charge in [-0.2, -0.15) is 0 Å². The van der Waals surface area contributed by atoms with Gasteiger partial charge < -0.3 is 24.5 Å². The number of H-pyrrole nitrogens is 1. The second kappa shape index (κ2) is 4.41. The van der Waals surface area contributed by atoms with Crippen LogP contribution < -0.4 is 5.56 Å². The van der Waals surface area contributed by atoms with Crippen molar-refractivity contribution in [3.05, 3.63) is 28.9 Å². The van der Waals surface area contributed by atoms with E-state index in [0.717, 1.165) is 0 Å². The molecule has 0 aliphatic carbocycles. The Hall–Kier alpha value is -1.77. The fourth-order valence-corrected chi connectivity index (χ4v) is 2.26. The molecule has 0 amide bonds. The van der Waals surface area contributed by atoms with Crippen molar-refractivity contribution in [1.82, 2.24) is 14.5 Å². The minimum absolute atomic E-state index is 0.182. The first-order chi connectivity index (χ1) is 9.13. The van der Waals surface area contributed by atoms with Gasteiger partial charge in [0.2, 0.25) is 0 Å². The Bertz CT molecular complexity index is 655. The average molecular weight is 269 g/mol. The number of nitrogens with zero attached hydrogens (tertiary/aromatic N) is 2. The standard InChI is InChI=1S/C11H12FN3O4/c12-7-6(3-16)19-11(9(7)17)15-4-14-8-5(15)1-2-13-10(8)18/h1-2,4,6-7,9,11,16-17H,3H2,(H,13,18)/t6-,7-,9-,11-/m1/s1. The molecule has 3 heterocycles. The second-order valence-electron chi connectivity index (χ2n) is 4.38. The number of hydrogen-bond acceptors (Lipinski definition) is 5. The molecule has 102 valence electrons. The molecule has 1 aliphatic heterocycles. The van der Waals surface area contributed by atoms with Crippen molar-refractivity contribution in [2.24, 2.45) is 0 Å². The third-order valence-electron chi connectivity index (χ3n) is 3.24. The van der Waals surface area contributed by atoms with Gasteiger partial charge in [-0.25, -0.2) is 9.37 Å². The van der Waals surface area contributed by atoms with E-state index in [-0.39, 0.29) is 11.1 Å². The van der Waals surface area contributed by atoms with E-state index in [4.69, 9.17) is 9.84 Å². The molecule has 2 aromatic heterocycles. The number of rotatable bonds is 2. The van der Waals surface area contributed by atoms with Crippen LogP contribution in [0.2, 0.25) is 0 Å². The third-order valence-corrected chi connectivity index (χ3v) is 3.24. The van der Waals surface area contributed by atoms with E-state index < -0.39 is 31.2 Å². The molecule has 1 fully saturated rings. The number of nitrogens with one attached hydrogen (secondary N) is 1. The van der Waals surface area contributed by atoms with Gasteiger partial charge in [-0.15, -0.1) is 0 Å². The van der Waals surface area contributed by atoms with Crippen molar-refractivity contribution in [2.75, 3.05) is 6.61 Å². The highest BCUT2D eigenvalue weighted by atomic mass is 19.1. The highest BCUT2D eigenvalue weighted by Gasteiger charge is 2.45. The van der Waals surface area contributed by atoms with Gasteiger partial charge in [0.1, 0.15) is 12.2 Å². The zero-order chi connectivity index (χ0) is 13.6. The number of imidazole rings is 1. The van der Waals surface area contributed by atoms with Crippen LogP contribution in [0, 0.1) is 0 Å². The van der Waals surface area contributed by atoms with E-state index >= 15 is 0 Å². The summed E-state index contributed by atoms with van der Waals surface area (Å²) in [4.78, 5) is 17.9. The fourth-order valence-electron chi connectivity index (χ4n) is 2.26. The lowest BCUT2D eigenvalue weighted by molar-refractivity contribution is -0.0493. The zero-order valence-electron chi connectivity index (χ0n) is 9.73. The van der Waals surface area contributed by atoms with Crippen LogP contribution in [0.15, 0.2) is 23.4 Å². The van der Waals surface area contributed by atoms with Crippen LogP contribution in [0.1, 0.15) is 6.23 Å². The summed E-state index contributed by atoms with van der Waals surface area (Å²) >= 11 is 0. The summed E-state index contributed by atoms with van der Waals surface area (Å²) in [6.07, 6.45) is -2.47. The Morgan fingerprint density at radius 2 is 2.37 bits per heavy atom. The van der Waals surface area contributed by atoms with Crippen LogP contribution in [0.5, 0.6) is 0 Å². The third kappa shape index (κ3) is 1.76. The Balaban J connectivity index is 2.06. The van der Waals surface area contributed by atoms with Gasteiger partial charge in [0.05, 0.1) is 18.5 Å². The zero-order valence-corrected chi connectivity index (χ0v) is 9.73. The molecule has 0 saturated carbocycles. The number of aromatic amines is 1. The molecular formula is C11H12FN3O4. The SMILES string of the molecule is O=c1[nH]ccc2c1ncn2[C@@H]1O[C@H](CO)[C@@H](F)[C@H]1O. The summed E-state index contributed by atoms with van der Waals surface area (Å²) in [6, 6.07) is 1.58. The molecule has 3 N–H and O–H groups in total. The summed E-state index contributed by atoms with van der Waals surface area (Å²) in [6.45, 7) is -0.526. The lowest BCUT2D eigenvalue weighted by atomic mass is 10.1. The number of halogens is 1. The van der Waals surface area contributed by atoms with Crippen molar-refractivity contribution in [2.45, 2.75) is 24.6 Å². The Kier molecular flexibility index (Phi) is 2.85. The lowest BCUT2D eigenvalue weighted by Crippen LogP contribution is -2.29. The Labute approximate surface area is 106 Å². The number of ether oxygens (including phenoxy) is 1. The van der Waals surface area contributed by atoms with E-state index in [0.29, 0.717) is 5.52 Å². The van der Waals surface area contributed by atoms with Gasteiger partial charge in [-0.3, -0.25) is 4.79 Å². The number of alkyl halides is 1. The van der Waals surface area contributed by atoms with Crippen molar-refractivity contribution < 1.29 is 19.3 Å². The number of aliphatic hydroxyl groups excluding tert-OH is 2. The molecule has 1 saturated heterocycles. The molecule has 0 radical (unpaired) electrons. The smallest absolute Gasteiger partial charge is 0.276 e. The summed E-state index contributed by atoms with van der Waals surface area (Å²) in [5.74, 6) is 0. The van der Waals surface area contributed by atoms with Gasteiger partial charge in [0, 0.05) is 6.20 Å². The predicted octanol–water partition coefficient (Wildman–Crippen LogP) is -0.687. The fraction of sp³-hybridized carbons (Fsp3) is 0.455. The first-order valence-corrected chi connectivity index (χ1v) is 5.76. The van der Waals surface area contributed by atoms with Gasteiger partial charge in [-0.05, 0) is 6.07 Å². The van der Waals surface area contributed by atoms with Gasteiger partial charge >= 0.3 is 0 Å². The molecule has 2 aromatic rings. The molecule has 3 rings (SSSR count). The highest BCUT2D eigenvalue weighted by molar-refractivity contribution is 5.73. The maximum absolute atomic E-state index is 13.7. The van der Waals surface area contributed by atoms with Gasteiger partial charge in [0.25, 0.3) is 5.56 Å². The van der Waals surface area contributed by atoms with Crippen LogP contribution in [0.25, 0.3) is 11.0 Å². The highest BCUT2D eigenvalue weighted by Crippen LogP contribution is 2.32. The quantitative estimate of drug-likeness (QED) is 0.670. The first-order valence-electron chi connectivity index (χ1n) is 5.76. The molecule has 7 nitrogen and oxygen atoms in total. The van der Waals surface area contributed by atoms with Crippen molar-refractivity contribution in [3.8, 4) is 0 Å². The Morgan fingerprint density at radius 1 is 1.58 bits per heavy atom. The maximum atomic E-state index is 13.7. The van der Waals surface area contributed by atoms with Crippen molar-refractivity contribution in [1.29, 1.82) is 0 Å². The van der Waals surface area contributed by atoms with Crippen LogP contribution >= 0.6 is 0 Å². The number of aromatic nitrogens is 3. The van der Waals surface area contributed by atoms with Crippen molar-refractivity contribution >= 4 is 11.0 Å². The van der Waals surface area contributed by atoms with Crippen LogP contribution in [-0.4, -0.2) is 49.7 Å². The average Bonchev–Trinajstić information content (AvgIpc) is 2.94. The number of hydrogen-bond donors (Lipinski definition) is 3. The molecule has 4 atom stereocenters. The van der Waals surface area contributed by atoms with Crippen LogP contribution in [0.3, 0.4) is 0 Å². The van der Waals surface area contributed by atoms with Crippen LogP contribution in [0.4, 0.5) is 4.39 Å². The largest absolute Gasteiger partial charge is 0.394 e. The Morgan fingerprint density at radius 3 is 3.05 bits per heavy atom. The van der Waals surface area contributed by atoms with Crippen LogP contribution in [-0.2, 0) is 4.74 Å². The minimum atomic E-state index is -1.69. The lowest BCUT2D eigenvalue weighted by Gasteiger charge is -2.16. The summed E-state index contributed by atoms with van der Waals surface area (Å²) < 4.78 is 20.3. The van der Waals surface area contributed by atoms with Gasteiger partial charge in [0.15, 0.2) is 17.9 Å². The maximum Gasteiger partial charge on any atom is 0.276 e. The van der Waals surface area contributed by atoms with E-state index in [1.165, 1.54) is 17.1 Å². The molecule has 8 heteroatoms. The normalized spacial score (nSPS) is 31.1. The topological polar surface area (TPSA) is 100 Å². The molecule has 0 unspecified atom stereocenters. The predicted molar refractivity (Wildman–Crippen MR) is 62.3 cm³/mol. The minimum Gasteiger partial charge on any atom is -0.394 e. The molecule has 1 aliphatic rings. The molecule has 0 spiro atoms. The molecule has 0 aromatic carbocycles. The first kappa shape index (κ1) is 12.3. The second-order valence-corrected chi connectivity index (χ2v) is 4.38. The monoisotopic (exact) mass is 269 g/mol. The number of aliphatic hydroxyl groups is 2. The molecular weight excluding hydrogens is 257 g/mol. The molecule has 0 bridgehead atoms. The summed E-state index contributed by atoms with van der Waals surface area (Å²) in [5.41, 5.74) is 0.235. The number of pyridine rings is 1. The van der Waals surface area contributed by atoms with E-state index in [2.05, 4.69) is 9.97 Å². The van der Waals surface area contributed by atoms with E-state index in [1.54, 1.807) is 6.07 Å².